The number of fused-ring (bicyclic) bond motifs is 4. The number of hydrogen-bond acceptors (Lipinski definition) is 4. The number of imidazole rings is 1. The molecule has 0 atom stereocenters. The van der Waals surface area contributed by atoms with Crippen LogP contribution in [0.3, 0.4) is 0 Å². The molecular formula is C35H21IN4O. The summed E-state index contributed by atoms with van der Waals surface area (Å²) in [7, 11) is 0. The number of aromatic amines is 1. The Morgan fingerprint density at radius 3 is 2.10 bits per heavy atom. The van der Waals surface area contributed by atoms with E-state index in [2.05, 4.69) is 82.2 Å². The Morgan fingerprint density at radius 1 is 0.561 bits per heavy atom. The number of benzene rings is 5. The number of H-pyrrole nitrogens is 1. The van der Waals surface area contributed by atoms with E-state index in [9.17, 15) is 0 Å². The van der Waals surface area contributed by atoms with Gasteiger partial charge >= 0.3 is 0 Å². The second-order valence-corrected chi connectivity index (χ2v) is 11.0. The molecule has 5 nitrogen and oxygen atoms in total. The Labute approximate surface area is 249 Å². The fourth-order valence-electron chi connectivity index (χ4n) is 5.51. The zero-order valence-corrected chi connectivity index (χ0v) is 23.8. The molecule has 0 amide bonds. The molecule has 0 aliphatic rings. The van der Waals surface area contributed by atoms with Gasteiger partial charge in [-0.25, -0.2) is 15.0 Å². The minimum absolute atomic E-state index is 0.617. The van der Waals surface area contributed by atoms with Crippen LogP contribution in [0.5, 0.6) is 0 Å². The summed E-state index contributed by atoms with van der Waals surface area (Å²) in [5, 5.41) is 2.08. The van der Waals surface area contributed by atoms with Gasteiger partial charge in [0.2, 0.25) is 0 Å². The molecule has 41 heavy (non-hydrogen) atoms. The highest BCUT2D eigenvalue weighted by molar-refractivity contribution is 14.1. The van der Waals surface area contributed by atoms with Gasteiger partial charge in [0.15, 0.2) is 11.5 Å². The molecule has 6 heteroatoms. The van der Waals surface area contributed by atoms with Crippen LogP contribution in [0.25, 0.3) is 78.3 Å². The third-order valence-corrected chi connectivity index (χ3v) is 8.33. The topological polar surface area (TPSA) is 67.6 Å². The Kier molecular flexibility index (Phi) is 5.67. The summed E-state index contributed by atoms with van der Waals surface area (Å²) in [6, 6.07) is 41.0. The van der Waals surface area contributed by atoms with Gasteiger partial charge < -0.3 is 9.40 Å². The first kappa shape index (κ1) is 24.0. The maximum absolute atomic E-state index is 6.22. The van der Waals surface area contributed by atoms with Gasteiger partial charge in [-0.15, -0.1) is 0 Å². The second-order valence-electron chi connectivity index (χ2n) is 9.85. The molecule has 0 spiro atoms. The van der Waals surface area contributed by atoms with Crippen molar-refractivity contribution in [2.24, 2.45) is 0 Å². The summed E-state index contributed by atoms with van der Waals surface area (Å²) >= 11 is 2.39. The van der Waals surface area contributed by atoms with Crippen LogP contribution in [0.1, 0.15) is 0 Å². The van der Waals surface area contributed by atoms with Crippen LogP contribution in [0.4, 0.5) is 0 Å². The van der Waals surface area contributed by atoms with Crippen molar-refractivity contribution in [2.45, 2.75) is 0 Å². The summed E-state index contributed by atoms with van der Waals surface area (Å²) in [6.45, 7) is 0. The summed E-state index contributed by atoms with van der Waals surface area (Å²) < 4.78 is 7.40. The molecule has 194 valence electrons. The lowest BCUT2D eigenvalue weighted by molar-refractivity contribution is 0.669. The molecule has 0 saturated carbocycles. The number of furan rings is 1. The molecule has 0 aliphatic heterocycles. The quantitative estimate of drug-likeness (QED) is 0.195. The van der Waals surface area contributed by atoms with Crippen LogP contribution in [0.2, 0.25) is 0 Å². The third kappa shape index (κ3) is 4.02. The van der Waals surface area contributed by atoms with Crippen molar-refractivity contribution in [1.82, 2.24) is 19.9 Å². The molecule has 0 saturated heterocycles. The van der Waals surface area contributed by atoms with Gasteiger partial charge in [0.1, 0.15) is 28.2 Å². The smallest absolute Gasteiger partial charge is 0.182 e. The Balaban J connectivity index is 1.43. The molecule has 8 rings (SSSR count). The van der Waals surface area contributed by atoms with E-state index >= 15 is 0 Å². The van der Waals surface area contributed by atoms with Crippen molar-refractivity contribution in [2.75, 3.05) is 0 Å². The fraction of sp³-hybridized carbons (Fsp3) is 0. The minimum Gasteiger partial charge on any atom is -0.456 e. The van der Waals surface area contributed by atoms with E-state index in [0.717, 1.165) is 66.8 Å². The number of para-hydroxylation sites is 1. The predicted molar refractivity (Wildman–Crippen MR) is 173 cm³/mol. The largest absolute Gasteiger partial charge is 0.456 e. The van der Waals surface area contributed by atoms with Crippen molar-refractivity contribution in [3.8, 4) is 45.2 Å². The highest BCUT2D eigenvalue weighted by atomic mass is 127. The Hall–Kier alpha value is -4.82. The average molecular weight is 640 g/mol. The number of rotatable bonds is 4. The third-order valence-electron chi connectivity index (χ3n) is 7.39. The van der Waals surface area contributed by atoms with Crippen LogP contribution < -0.4 is 0 Å². The van der Waals surface area contributed by atoms with Gasteiger partial charge in [0.05, 0.1) is 0 Å². The molecule has 3 heterocycles. The molecule has 0 radical (unpaired) electrons. The van der Waals surface area contributed by atoms with Gasteiger partial charge in [-0.2, -0.15) is 0 Å². The molecule has 0 aliphatic carbocycles. The van der Waals surface area contributed by atoms with E-state index in [1.54, 1.807) is 0 Å². The van der Waals surface area contributed by atoms with Crippen molar-refractivity contribution >= 4 is 55.7 Å². The van der Waals surface area contributed by atoms with Crippen LogP contribution in [0.15, 0.2) is 126 Å². The van der Waals surface area contributed by atoms with Gasteiger partial charge in [0, 0.05) is 31.0 Å². The molecular weight excluding hydrogens is 619 g/mol. The Bertz CT molecular complexity index is 2230. The van der Waals surface area contributed by atoms with Crippen LogP contribution in [0, 0.1) is 3.57 Å². The van der Waals surface area contributed by atoms with E-state index in [1.165, 1.54) is 3.57 Å². The standard InChI is InChI=1S/C35H21IN4O/c36-27-18-8-6-14-23(27)22-13-4-5-15-24(22)34-38-32-31(37-33(39-35(32)40-34)21-11-2-1-3-12-21)26-17-10-20-29-30(26)25-16-7-9-19-28(25)41-29/h1-20H,(H,37,38,39,40). The maximum atomic E-state index is 6.22. The van der Waals surface area contributed by atoms with Crippen LogP contribution in [-0.4, -0.2) is 19.9 Å². The summed E-state index contributed by atoms with van der Waals surface area (Å²) in [6.07, 6.45) is 0. The van der Waals surface area contributed by atoms with Crippen molar-refractivity contribution in [3.63, 3.8) is 0 Å². The highest BCUT2D eigenvalue weighted by Crippen LogP contribution is 2.40. The number of nitrogens with one attached hydrogen (secondary N) is 1. The first-order chi connectivity index (χ1) is 20.2. The van der Waals surface area contributed by atoms with Gasteiger partial charge in [-0.3, -0.25) is 0 Å². The van der Waals surface area contributed by atoms with E-state index in [1.807, 2.05) is 66.7 Å². The molecule has 5 aromatic carbocycles. The fourth-order valence-corrected chi connectivity index (χ4v) is 6.19. The van der Waals surface area contributed by atoms with Crippen molar-refractivity contribution < 1.29 is 4.42 Å². The SMILES string of the molecule is Ic1ccccc1-c1ccccc1-c1nc2nc(-c3ccccc3)nc(-c3cccc4oc5ccccc5c34)c2[nH]1. The van der Waals surface area contributed by atoms with E-state index < -0.39 is 0 Å². The number of halogens is 1. The van der Waals surface area contributed by atoms with E-state index in [-0.39, 0.29) is 0 Å². The lowest BCUT2D eigenvalue weighted by Crippen LogP contribution is -1.95. The zero-order chi connectivity index (χ0) is 27.3. The highest BCUT2D eigenvalue weighted by Gasteiger charge is 2.21. The summed E-state index contributed by atoms with van der Waals surface area (Å²) in [5.74, 6) is 1.38. The minimum atomic E-state index is 0.617. The van der Waals surface area contributed by atoms with Gasteiger partial charge in [0.25, 0.3) is 0 Å². The molecule has 0 unspecified atom stereocenters. The van der Waals surface area contributed by atoms with Crippen LogP contribution in [-0.2, 0) is 0 Å². The van der Waals surface area contributed by atoms with Crippen LogP contribution >= 0.6 is 22.6 Å². The Morgan fingerprint density at radius 2 is 1.24 bits per heavy atom. The lowest BCUT2D eigenvalue weighted by Gasteiger charge is -2.09. The molecule has 0 fully saturated rings. The average Bonchev–Trinajstić information content (AvgIpc) is 3.63. The van der Waals surface area contributed by atoms with E-state index in [4.69, 9.17) is 19.4 Å². The number of nitrogens with zero attached hydrogens (tertiary/aromatic N) is 3. The molecule has 8 aromatic rings. The lowest BCUT2D eigenvalue weighted by atomic mass is 9.99. The predicted octanol–water partition coefficient (Wildman–Crippen LogP) is 9.52. The maximum Gasteiger partial charge on any atom is 0.182 e. The first-order valence-corrected chi connectivity index (χ1v) is 14.4. The first-order valence-electron chi connectivity index (χ1n) is 13.3. The summed E-state index contributed by atoms with van der Waals surface area (Å²) in [4.78, 5) is 18.8. The second kappa shape index (κ2) is 9.67. The van der Waals surface area contributed by atoms with Gasteiger partial charge in [-0.1, -0.05) is 103 Å². The molecule has 3 aromatic heterocycles. The normalized spacial score (nSPS) is 11.5. The number of aromatic nitrogens is 4. The summed E-state index contributed by atoms with van der Waals surface area (Å²) in [5.41, 5.74) is 9.04. The number of hydrogen-bond donors (Lipinski definition) is 1. The molecule has 1 N–H and O–H groups in total. The van der Waals surface area contributed by atoms with E-state index in [0.29, 0.717) is 11.5 Å². The van der Waals surface area contributed by atoms with Crippen molar-refractivity contribution in [1.29, 1.82) is 0 Å². The van der Waals surface area contributed by atoms with Gasteiger partial charge in [-0.05, 0) is 51.9 Å². The van der Waals surface area contributed by atoms with Crippen molar-refractivity contribution in [3.05, 3.63) is 125 Å². The monoisotopic (exact) mass is 640 g/mol. The molecule has 0 bridgehead atoms. The zero-order valence-electron chi connectivity index (χ0n) is 21.7.